The number of hydrogen-bond donors (Lipinski definition) is 0. The Morgan fingerprint density at radius 3 is 2.45 bits per heavy atom. The van der Waals surface area contributed by atoms with Crippen LogP contribution in [0.25, 0.3) is 0 Å². The number of carbonyl (C=O) groups is 2. The van der Waals surface area contributed by atoms with E-state index in [0.29, 0.717) is 12.3 Å². The predicted octanol–water partition coefficient (Wildman–Crippen LogP) is 5.67. The molecular weight excluding hydrogens is 380 g/mol. The number of carbonyl (C=O) groups excluding carboxylic acids is 2. The minimum Gasteiger partial charge on any atom is -0.469 e. The zero-order valence-corrected chi connectivity index (χ0v) is 20.7. The molecule has 0 saturated heterocycles. The molecule has 5 atom stereocenters. The fraction of sp³-hybridized carbons (Fsp3) is 0.833. The highest BCUT2D eigenvalue weighted by atomic mass is 28.4. The molecule has 0 heterocycles. The van der Waals surface area contributed by atoms with E-state index in [0.717, 1.165) is 32.1 Å². The lowest BCUT2D eigenvalue weighted by Gasteiger charge is -2.60. The van der Waals surface area contributed by atoms with E-state index < -0.39 is 13.7 Å². The van der Waals surface area contributed by atoms with Crippen LogP contribution in [0.15, 0.2) is 11.6 Å². The quantitative estimate of drug-likeness (QED) is 0.436. The van der Waals surface area contributed by atoms with Gasteiger partial charge in [0.15, 0.2) is 14.1 Å². The Kier molecular flexibility index (Phi) is 5.75. The molecule has 1 unspecified atom stereocenters. The Labute approximate surface area is 177 Å². The predicted molar refractivity (Wildman–Crippen MR) is 118 cm³/mol. The van der Waals surface area contributed by atoms with Crippen LogP contribution in [0.4, 0.5) is 0 Å². The summed E-state index contributed by atoms with van der Waals surface area (Å²) in [5, 5.41) is 0.0979. The number of hydrogen-bond acceptors (Lipinski definition) is 4. The summed E-state index contributed by atoms with van der Waals surface area (Å²) < 4.78 is 12.2. The first-order chi connectivity index (χ1) is 13.3. The molecule has 0 radical (unpaired) electrons. The lowest BCUT2D eigenvalue weighted by molar-refractivity contribution is -0.171. The van der Waals surface area contributed by atoms with Crippen molar-refractivity contribution in [3.05, 3.63) is 11.6 Å². The molecular formula is C24H40O4Si. The van der Waals surface area contributed by atoms with Crippen molar-refractivity contribution in [3.8, 4) is 0 Å². The summed E-state index contributed by atoms with van der Waals surface area (Å²) in [5.41, 5.74) is 0.740. The van der Waals surface area contributed by atoms with Gasteiger partial charge in [0.2, 0.25) is 0 Å². The molecule has 0 aromatic carbocycles. The topological polar surface area (TPSA) is 52.6 Å². The maximum absolute atomic E-state index is 12.9. The Bertz CT molecular complexity index is 719. The molecule has 2 fully saturated rings. The highest BCUT2D eigenvalue weighted by Gasteiger charge is 2.61. The third kappa shape index (κ3) is 3.67. The van der Waals surface area contributed by atoms with Gasteiger partial charge in [0.05, 0.1) is 18.6 Å². The molecule has 164 valence electrons. The summed E-state index contributed by atoms with van der Waals surface area (Å²) in [4.78, 5) is 25.3. The van der Waals surface area contributed by atoms with Crippen LogP contribution in [0.1, 0.15) is 73.1 Å². The van der Waals surface area contributed by atoms with E-state index in [2.05, 4.69) is 47.7 Å². The number of ether oxygens (including phenoxy) is 1. The molecule has 0 bridgehead atoms. The van der Waals surface area contributed by atoms with Gasteiger partial charge in [-0.25, -0.2) is 0 Å². The van der Waals surface area contributed by atoms with Crippen LogP contribution in [-0.4, -0.2) is 33.3 Å². The van der Waals surface area contributed by atoms with Gasteiger partial charge in [0, 0.05) is 6.42 Å². The van der Waals surface area contributed by atoms with Crippen molar-refractivity contribution in [2.45, 2.75) is 97.4 Å². The molecule has 29 heavy (non-hydrogen) atoms. The normalized spacial score (nSPS) is 38.0. The monoisotopic (exact) mass is 420 g/mol. The van der Waals surface area contributed by atoms with E-state index in [1.165, 1.54) is 12.7 Å². The molecule has 0 aliphatic heterocycles. The van der Waals surface area contributed by atoms with Crippen molar-refractivity contribution in [1.29, 1.82) is 0 Å². The summed E-state index contributed by atoms with van der Waals surface area (Å²) in [6.45, 7) is 15.8. The largest absolute Gasteiger partial charge is 0.469 e. The first-order valence-corrected chi connectivity index (χ1v) is 14.2. The fourth-order valence-corrected chi connectivity index (χ4v) is 7.47. The lowest BCUT2D eigenvalue weighted by atomic mass is 9.45. The minimum absolute atomic E-state index is 0.0149. The zero-order chi connectivity index (χ0) is 21.8. The van der Waals surface area contributed by atoms with Crippen molar-refractivity contribution < 1.29 is 18.8 Å². The van der Waals surface area contributed by atoms with Gasteiger partial charge in [-0.15, -0.1) is 0 Å². The highest BCUT2D eigenvalue weighted by molar-refractivity contribution is 6.74. The summed E-state index contributed by atoms with van der Waals surface area (Å²) in [7, 11) is -0.511. The molecule has 0 spiro atoms. The lowest BCUT2D eigenvalue weighted by Crippen LogP contribution is -2.58. The Morgan fingerprint density at radius 2 is 1.86 bits per heavy atom. The van der Waals surface area contributed by atoms with Crippen molar-refractivity contribution in [3.63, 3.8) is 0 Å². The van der Waals surface area contributed by atoms with E-state index in [1.807, 2.05) is 6.08 Å². The van der Waals surface area contributed by atoms with Crippen LogP contribution in [0.3, 0.4) is 0 Å². The maximum atomic E-state index is 12.9. The van der Waals surface area contributed by atoms with Crippen molar-refractivity contribution in [2.75, 3.05) is 7.11 Å². The highest BCUT2D eigenvalue weighted by Crippen LogP contribution is 2.63. The SMILES string of the molecule is COC(=O)[C@@]1(C)CCC[C@]2(C)C3CCC(=O)C=C3[C@H](O[Si](C)(C)C(C)(C)C)C[C@@H]12. The average molecular weight is 421 g/mol. The van der Waals surface area contributed by atoms with Crippen LogP contribution in [0, 0.1) is 22.7 Å². The first-order valence-electron chi connectivity index (χ1n) is 11.3. The minimum atomic E-state index is -2.02. The second-order valence-electron chi connectivity index (χ2n) is 11.6. The van der Waals surface area contributed by atoms with Gasteiger partial charge in [-0.1, -0.05) is 34.1 Å². The van der Waals surface area contributed by atoms with E-state index in [4.69, 9.17) is 9.16 Å². The zero-order valence-electron chi connectivity index (χ0n) is 19.7. The van der Waals surface area contributed by atoms with E-state index in [9.17, 15) is 9.59 Å². The Hall–Kier alpha value is -0.943. The third-order valence-corrected chi connectivity index (χ3v) is 13.4. The van der Waals surface area contributed by atoms with Crippen molar-refractivity contribution in [2.24, 2.45) is 22.7 Å². The van der Waals surface area contributed by atoms with Crippen LogP contribution in [0.2, 0.25) is 18.1 Å². The number of esters is 1. The average Bonchev–Trinajstić information content (AvgIpc) is 2.61. The van der Waals surface area contributed by atoms with Gasteiger partial charge in [-0.3, -0.25) is 9.59 Å². The standard InChI is InChI=1S/C24H40O4Si/c1-22(2,3)29(7,8)28-19-15-20-23(4,18-11-10-16(25)14-17(18)19)12-9-13-24(20,5)21(26)27-6/h14,18-20H,9-13,15H2,1-8H3/t18?,19-,20-,23-,24+/m1/s1. The molecule has 5 heteroatoms. The molecule has 4 nitrogen and oxygen atoms in total. The molecule has 0 amide bonds. The summed E-state index contributed by atoms with van der Waals surface area (Å²) in [6.07, 6.45) is 7.14. The van der Waals surface area contributed by atoms with Crippen LogP contribution >= 0.6 is 0 Å². The van der Waals surface area contributed by atoms with Gasteiger partial charge >= 0.3 is 5.97 Å². The maximum Gasteiger partial charge on any atom is 0.311 e. The third-order valence-electron chi connectivity index (χ3n) is 8.90. The van der Waals surface area contributed by atoms with Crippen molar-refractivity contribution in [1.82, 2.24) is 0 Å². The number of rotatable bonds is 3. The van der Waals surface area contributed by atoms with Gasteiger partial charge in [0.1, 0.15) is 0 Å². The molecule has 3 aliphatic rings. The smallest absolute Gasteiger partial charge is 0.311 e. The van der Waals surface area contributed by atoms with E-state index in [-0.39, 0.29) is 34.2 Å². The number of ketones is 1. The van der Waals surface area contributed by atoms with Crippen LogP contribution in [0.5, 0.6) is 0 Å². The molecule has 0 aromatic heterocycles. The number of allylic oxidation sites excluding steroid dienone is 1. The van der Waals surface area contributed by atoms with Gasteiger partial charge in [-0.05, 0) is 79.6 Å². The number of fused-ring (bicyclic) bond motifs is 3. The second-order valence-corrected chi connectivity index (χ2v) is 16.4. The van der Waals surface area contributed by atoms with Gasteiger partial charge in [-0.2, -0.15) is 0 Å². The van der Waals surface area contributed by atoms with E-state index in [1.54, 1.807) is 0 Å². The van der Waals surface area contributed by atoms with E-state index >= 15 is 0 Å². The van der Waals surface area contributed by atoms with Gasteiger partial charge < -0.3 is 9.16 Å². The Balaban J connectivity index is 2.06. The number of methoxy groups -OCH3 is 1. The Morgan fingerprint density at radius 1 is 1.21 bits per heavy atom. The van der Waals surface area contributed by atoms with Crippen LogP contribution in [-0.2, 0) is 18.8 Å². The summed E-state index contributed by atoms with van der Waals surface area (Å²) in [5.74, 6) is 0.673. The second kappa shape index (κ2) is 7.33. The fourth-order valence-electron chi connectivity index (χ4n) is 6.18. The molecule has 2 saturated carbocycles. The summed E-state index contributed by atoms with van der Waals surface area (Å²) in [6, 6.07) is 0. The first kappa shape index (κ1) is 22.7. The summed E-state index contributed by atoms with van der Waals surface area (Å²) >= 11 is 0. The van der Waals surface area contributed by atoms with Gasteiger partial charge in [0.25, 0.3) is 0 Å². The van der Waals surface area contributed by atoms with Crippen molar-refractivity contribution >= 4 is 20.1 Å². The molecule has 0 aromatic rings. The molecule has 0 N–H and O–H groups in total. The van der Waals surface area contributed by atoms with Crippen LogP contribution < -0.4 is 0 Å². The molecule has 3 rings (SSSR count). The molecule has 3 aliphatic carbocycles.